The number of carbonyl (C=O) groups excluding carboxylic acids is 1. The van der Waals surface area contributed by atoms with Crippen LogP contribution in [0.4, 0.5) is 0 Å². The number of hydrogen-bond donors (Lipinski definition) is 3. The molecule has 0 spiro atoms. The number of fused-ring (bicyclic) bond motifs is 1. The number of benzene rings is 1. The molecule has 0 radical (unpaired) electrons. The fourth-order valence-corrected chi connectivity index (χ4v) is 5.84. The minimum Gasteiger partial charge on any atom is -0.390 e. The summed E-state index contributed by atoms with van der Waals surface area (Å²) in [5.74, 6) is 1.86. The van der Waals surface area contributed by atoms with E-state index in [2.05, 4.69) is 10.2 Å². The highest BCUT2D eigenvalue weighted by Gasteiger charge is 2.42. The van der Waals surface area contributed by atoms with Gasteiger partial charge in [-0.3, -0.25) is 9.69 Å². The number of thioether (sulfide) groups is 1. The molecule has 3 rings (SSSR count). The van der Waals surface area contributed by atoms with Gasteiger partial charge in [0.15, 0.2) is 0 Å². The maximum Gasteiger partial charge on any atom is 0.237 e. The highest BCUT2D eigenvalue weighted by atomic mass is 32.2. The predicted molar refractivity (Wildman–Crippen MR) is 116 cm³/mol. The van der Waals surface area contributed by atoms with Gasteiger partial charge in [-0.1, -0.05) is 30.3 Å². The maximum absolute atomic E-state index is 13.0. The van der Waals surface area contributed by atoms with E-state index in [1.807, 2.05) is 62.9 Å². The number of rotatable bonds is 6. The summed E-state index contributed by atoms with van der Waals surface area (Å²) in [7, 11) is 0. The zero-order chi connectivity index (χ0) is 20.3. The smallest absolute Gasteiger partial charge is 0.237 e. The monoisotopic (exact) mass is 405 g/mol. The van der Waals surface area contributed by atoms with Gasteiger partial charge in [-0.05, 0) is 57.3 Å². The molecule has 0 bridgehead atoms. The number of nitrogens with zero attached hydrogens (tertiary/aromatic N) is 1. The third-order valence-corrected chi connectivity index (χ3v) is 7.22. The van der Waals surface area contributed by atoms with Gasteiger partial charge in [0.1, 0.15) is 0 Å². The molecule has 28 heavy (non-hydrogen) atoms. The maximum atomic E-state index is 13.0. The molecule has 2 aliphatic rings. The van der Waals surface area contributed by atoms with Crippen molar-refractivity contribution in [3.8, 4) is 0 Å². The lowest BCUT2D eigenvalue weighted by molar-refractivity contribution is -0.130. The van der Waals surface area contributed by atoms with Crippen molar-refractivity contribution in [3.05, 3.63) is 35.9 Å². The normalized spacial score (nSPS) is 27.8. The van der Waals surface area contributed by atoms with Crippen molar-refractivity contribution in [2.45, 2.75) is 69.0 Å². The molecular formula is C22H35N3O2S. The molecule has 4 N–H and O–H groups in total. The lowest BCUT2D eigenvalue weighted by Gasteiger charge is -2.42. The molecule has 1 aromatic rings. The van der Waals surface area contributed by atoms with Crippen LogP contribution in [0.25, 0.3) is 0 Å². The number of likely N-dealkylation sites (tertiary alicyclic amines) is 1. The van der Waals surface area contributed by atoms with Gasteiger partial charge >= 0.3 is 0 Å². The Balaban J connectivity index is 1.66. The van der Waals surface area contributed by atoms with Crippen LogP contribution < -0.4 is 11.1 Å². The fraction of sp³-hybridized carbons (Fsp3) is 0.682. The first-order valence-corrected chi connectivity index (χ1v) is 11.4. The third-order valence-electron chi connectivity index (χ3n) is 5.74. The van der Waals surface area contributed by atoms with Gasteiger partial charge in [0.2, 0.25) is 5.91 Å². The van der Waals surface area contributed by atoms with E-state index in [4.69, 9.17) is 5.73 Å². The molecule has 6 heteroatoms. The van der Waals surface area contributed by atoms with E-state index in [-0.39, 0.29) is 23.5 Å². The Morgan fingerprint density at radius 3 is 2.75 bits per heavy atom. The van der Waals surface area contributed by atoms with Gasteiger partial charge in [0.05, 0.1) is 12.1 Å². The Hall–Kier alpha value is -1.08. The Morgan fingerprint density at radius 1 is 1.36 bits per heavy atom. The number of nitrogens with two attached hydrogens (primary N) is 1. The molecule has 156 valence electrons. The number of piperidine rings is 1. The molecule has 2 aliphatic heterocycles. The highest BCUT2D eigenvalue weighted by molar-refractivity contribution is 8.00. The van der Waals surface area contributed by atoms with E-state index in [1.54, 1.807) is 0 Å². The van der Waals surface area contributed by atoms with Crippen molar-refractivity contribution in [2.24, 2.45) is 11.7 Å². The summed E-state index contributed by atoms with van der Waals surface area (Å²) in [5, 5.41) is 14.5. The number of hydrogen-bond acceptors (Lipinski definition) is 5. The van der Waals surface area contributed by atoms with Gasteiger partial charge in [0, 0.05) is 29.9 Å². The summed E-state index contributed by atoms with van der Waals surface area (Å²) >= 11 is 2.00. The highest BCUT2D eigenvalue weighted by Crippen LogP contribution is 2.40. The van der Waals surface area contributed by atoms with Gasteiger partial charge in [-0.25, -0.2) is 0 Å². The lowest BCUT2D eigenvalue weighted by Crippen LogP contribution is -2.59. The molecule has 0 saturated carbocycles. The number of nitrogens with one attached hydrogen (secondary N) is 1. The van der Waals surface area contributed by atoms with Crippen LogP contribution in [0.2, 0.25) is 0 Å². The van der Waals surface area contributed by atoms with Crippen LogP contribution in [0, 0.1) is 5.92 Å². The quantitative estimate of drug-likeness (QED) is 0.675. The fourth-order valence-electron chi connectivity index (χ4n) is 4.29. The Bertz CT molecular complexity index is 649. The van der Waals surface area contributed by atoms with E-state index in [9.17, 15) is 9.90 Å². The molecule has 2 fully saturated rings. The van der Waals surface area contributed by atoms with E-state index < -0.39 is 6.10 Å². The summed E-state index contributed by atoms with van der Waals surface area (Å²) in [4.78, 5) is 15.2. The van der Waals surface area contributed by atoms with Crippen LogP contribution in [-0.2, 0) is 11.2 Å². The summed E-state index contributed by atoms with van der Waals surface area (Å²) in [6.45, 7) is 7.35. The lowest BCUT2D eigenvalue weighted by atomic mass is 9.89. The van der Waals surface area contributed by atoms with Crippen molar-refractivity contribution in [3.63, 3.8) is 0 Å². The SMILES string of the molecule is CC(C)(C)NC(=O)C1CC2SCCC2CN1CC(O)C(N)Cc1ccccc1. The summed E-state index contributed by atoms with van der Waals surface area (Å²) in [6, 6.07) is 9.50. The van der Waals surface area contributed by atoms with Crippen LogP contribution in [0.15, 0.2) is 30.3 Å². The van der Waals surface area contributed by atoms with Gasteiger partial charge < -0.3 is 16.2 Å². The van der Waals surface area contributed by atoms with Crippen molar-refractivity contribution < 1.29 is 9.90 Å². The Morgan fingerprint density at radius 2 is 2.07 bits per heavy atom. The average Bonchev–Trinajstić information content (AvgIpc) is 3.07. The van der Waals surface area contributed by atoms with E-state index >= 15 is 0 Å². The number of carbonyl (C=O) groups is 1. The van der Waals surface area contributed by atoms with Crippen LogP contribution in [-0.4, -0.2) is 63.7 Å². The molecule has 5 unspecified atom stereocenters. The number of aliphatic hydroxyl groups excluding tert-OH is 1. The second-order valence-electron chi connectivity index (χ2n) is 9.32. The zero-order valence-corrected chi connectivity index (χ0v) is 18.1. The first kappa shape index (κ1) is 21.6. The van der Waals surface area contributed by atoms with Crippen LogP contribution >= 0.6 is 11.8 Å². The topological polar surface area (TPSA) is 78.6 Å². The van der Waals surface area contributed by atoms with Crippen molar-refractivity contribution in [1.29, 1.82) is 0 Å². The van der Waals surface area contributed by atoms with Crippen molar-refractivity contribution in [1.82, 2.24) is 10.2 Å². The Labute approximate surface area is 173 Å². The first-order valence-electron chi connectivity index (χ1n) is 10.4. The van der Waals surface area contributed by atoms with Gasteiger partial charge in [-0.2, -0.15) is 11.8 Å². The number of β-amino-alcohol motifs (C(OH)–C–C–N with tert-alkyl or cyclic N) is 1. The van der Waals surface area contributed by atoms with Gasteiger partial charge in [0.25, 0.3) is 0 Å². The second-order valence-corrected chi connectivity index (χ2v) is 10.7. The molecule has 0 aromatic heterocycles. The molecule has 5 atom stereocenters. The molecule has 1 amide bonds. The number of aliphatic hydroxyl groups is 1. The molecular weight excluding hydrogens is 370 g/mol. The van der Waals surface area contributed by atoms with Crippen LogP contribution in [0.3, 0.4) is 0 Å². The van der Waals surface area contributed by atoms with E-state index in [1.165, 1.54) is 12.2 Å². The van der Waals surface area contributed by atoms with Gasteiger partial charge in [-0.15, -0.1) is 0 Å². The minimum absolute atomic E-state index is 0.0716. The molecule has 5 nitrogen and oxygen atoms in total. The second kappa shape index (κ2) is 9.16. The molecule has 0 aliphatic carbocycles. The third kappa shape index (κ3) is 5.72. The standard InChI is InChI=1S/C22H35N3O2S/c1-22(2,3)24-21(27)18-12-20-16(9-10-28-20)13-25(18)14-19(26)17(23)11-15-7-5-4-6-8-15/h4-8,16-20,26H,9-14,23H2,1-3H3,(H,24,27). The summed E-state index contributed by atoms with van der Waals surface area (Å²) in [6.07, 6.45) is 2.04. The van der Waals surface area contributed by atoms with Crippen molar-refractivity contribution in [2.75, 3.05) is 18.8 Å². The largest absolute Gasteiger partial charge is 0.390 e. The van der Waals surface area contributed by atoms with Crippen molar-refractivity contribution >= 4 is 17.7 Å². The summed E-state index contributed by atoms with van der Waals surface area (Å²) < 4.78 is 0. The Kier molecular flexibility index (Phi) is 7.07. The first-order chi connectivity index (χ1) is 13.2. The van der Waals surface area contributed by atoms with E-state index in [0.29, 0.717) is 24.1 Å². The molecule has 2 saturated heterocycles. The average molecular weight is 406 g/mol. The predicted octanol–water partition coefficient (Wildman–Crippen LogP) is 2.03. The number of amides is 1. The van der Waals surface area contributed by atoms with Crippen LogP contribution in [0.1, 0.15) is 39.2 Å². The molecule has 2 heterocycles. The minimum atomic E-state index is -0.657. The van der Waals surface area contributed by atoms with E-state index in [0.717, 1.165) is 18.5 Å². The summed E-state index contributed by atoms with van der Waals surface area (Å²) in [5.41, 5.74) is 7.18. The van der Waals surface area contributed by atoms with Crippen LogP contribution in [0.5, 0.6) is 0 Å². The zero-order valence-electron chi connectivity index (χ0n) is 17.3. The molecule has 1 aromatic carbocycles.